The topological polar surface area (TPSA) is 86.5 Å². The van der Waals surface area contributed by atoms with Crippen LogP contribution in [0.2, 0.25) is 0 Å². The zero-order valence-electron chi connectivity index (χ0n) is 8.38. The summed E-state index contributed by atoms with van der Waals surface area (Å²) in [5.41, 5.74) is 0.300. The van der Waals surface area contributed by atoms with Crippen molar-refractivity contribution in [1.29, 1.82) is 0 Å². The van der Waals surface area contributed by atoms with E-state index in [-0.39, 0.29) is 5.88 Å². The second-order valence-electron chi connectivity index (χ2n) is 3.49. The molecule has 0 N–H and O–H groups in total. The molecular formula is C11H5NO5. The molecule has 0 amide bonds. The molecule has 1 aromatic carbocycles. The van der Waals surface area contributed by atoms with Crippen LogP contribution in [0.3, 0.4) is 0 Å². The van der Waals surface area contributed by atoms with E-state index in [1.807, 2.05) is 0 Å². The molecule has 0 unspecified atom stereocenters. The van der Waals surface area contributed by atoms with E-state index in [4.69, 9.17) is 8.83 Å². The van der Waals surface area contributed by atoms with Gasteiger partial charge in [-0.05, 0) is 18.2 Å². The molecule has 0 spiro atoms. The molecule has 6 nitrogen and oxygen atoms in total. The van der Waals surface area contributed by atoms with Crippen molar-refractivity contribution < 1.29 is 13.8 Å². The molecule has 0 atom stereocenters. The van der Waals surface area contributed by atoms with Crippen LogP contribution in [0.15, 0.2) is 44.0 Å². The largest absolute Gasteiger partial charge is 0.434 e. The van der Waals surface area contributed by atoms with Crippen LogP contribution in [0.4, 0.5) is 5.88 Å². The Morgan fingerprint density at radius 3 is 2.41 bits per heavy atom. The predicted octanol–water partition coefficient (Wildman–Crippen LogP) is 2.45. The van der Waals surface area contributed by atoms with Crippen LogP contribution in [0.5, 0.6) is 0 Å². The van der Waals surface area contributed by atoms with Crippen LogP contribution in [0, 0.1) is 10.1 Å². The highest BCUT2D eigenvalue weighted by molar-refractivity contribution is 6.04. The zero-order valence-corrected chi connectivity index (χ0v) is 8.38. The Hall–Kier alpha value is -2.63. The molecule has 3 aromatic rings. The van der Waals surface area contributed by atoms with E-state index in [2.05, 4.69) is 0 Å². The monoisotopic (exact) mass is 231 g/mol. The minimum absolute atomic E-state index is 0.335. The summed E-state index contributed by atoms with van der Waals surface area (Å²) in [6.45, 7) is 0. The Balaban J connectivity index is 2.46. The summed E-state index contributed by atoms with van der Waals surface area (Å²) in [6, 6.07) is 7.22. The van der Waals surface area contributed by atoms with Gasteiger partial charge in [0, 0.05) is 16.8 Å². The molecule has 6 heteroatoms. The van der Waals surface area contributed by atoms with E-state index < -0.39 is 10.5 Å². The highest BCUT2D eigenvalue weighted by Gasteiger charge is 2.15. The van der Waals surface area contributed by atoms with Gasteiger partial charge in [-0.3, -0.25) is 10.1 Å². The Morgan fingerprint density at radius 2 is 1.71 bits per heavy atom. The van der Waals surface area contributed by atoms with Crippen molar-refractivity contribution in [1.82, 2.24) is 0 Å². The molecular weight excluding hydrogens is 226 g/mol. The van der Waals surface area contributed by atoms with Crippen molar-refractivity contribution >= 4 is 27.8 Å². The lowest BCUT2D eigenvalue weighted by atomic mass is 10.1. The zero-order chi connectivity index (χ0) is 12.0. The van der Waals surface area contributed by atoms with Gasteiger partial charge in [-0.25, -0.2) is 4.79 Å². The maximum absolute atomic E-state index is 11.0. The minimum Gasteiger partial charge on any atom is -0.423 e. The SMILES string of the molecule is O=c1ccc2c(ccc3oc([N+](=O)[O-])cc32)o1. The predicted molar refractivity (Wildman–Crippen MR) is 58.9 cm³/mol. The van der Waals surface area contributed by atoms with E-state index in [1.54, 1.807) is 12.1 Å². The quantitative estimate of drug-likeness (QED) is 0.364. The Labute approximate surface area is 93.2 Å². The van der Waals surface area contributed by atoms with Crippen LogP contribution >= 0.6 is 0 Å². The Kier molecular flexibility index (Phi) is 1.79. The van der Waals surface area contributed by atoms with Gasteiger partial charge in [0.1, 0.15) is 16.1 Å². The van der Waals surface area contributed by atoms with Crippen molar-refractivity contribution in [2.45, 2.75) is 0 Å². The fraction of sp³-hybridized carbons (Fsp3) is 0. The number of hydrogen-bond donors (Lipinski definition) is 0. The second-order valence-corrected chi connectivity index (χ2v) is 3.49. The van der Waals surface area contributed by atoms with Gasteiger partial charge in [-0.15, -0.1) is 0 Å². The first-order chi connectivity index (χ1) is 8.15. The number of benzene rings is 1. The minimum atomic E-state index is -0.606. The van der Waals surface area contributed by atoms with Gasteiger partial charge in [0.2, 0.25) is 0 Å². The first-order valence-corrected chi connectivity index (χ1v) is 4.76. The standard InChI is InChI=1S/C11H5NO5/c13-11-4-1-6-7-5-10(12(14)15)16-9(7)3-2-8(6)17-11/h1-5H. The third kappa shape index (κ3) is 1.38. The van der Waals surface area contributed by atoms with Crippen LogP contribution in [0.1, 0.15) is 0 Å². The van der Waals surface area contributed by atoms with Gasteiger partial charge in [-0.2, -0.15) is 0 Å². The third-order valence-corrected chi connectivity index (χ3v) is 2.47. The number of rotatable bonds is 1. The van der Waals surface area contributed by atoms with Crippen molar-refractivity contribution in [2.75, 3.05) is 0 Å². The summed E-state index contributed by atoms with van der Waals surface area (Å²) in [7, 11) is 0. The highest BCUT2D eigenvalue weighted by Crippen LogP contribution is 2.30. The Bertz CT molecular complexity index is 798. The van der Waals surface area contributed by atoms with Gasteiger partial charge in [0.05, 0.1) is 6.07 Å². The summed E-state index contributed by atoms with van der Waals surface area (Å²) < 4.78 is 10.0. The number of hydrogen-bond acceptors (Lipinski definition) is 5. The smallest absolute Gasteiger partial charge is 0.423 e. The first kappa shape index (κ1) is 9.59. The second kappa shape index (κ2) is 3.18. The summed E-state index contributed by atoms with van der Waals surface area (Å²) in [5, 5.41) is 11.8. The number of nitrogens with zero attached hydrogens (tertiary/aromatic N) is 1. The third-order valence-electron chi connectivity index (χ3n) is 2.47. The molecule has 0 aliphatic carbocycles. The van der Waals surface area contributed by atoms with Crippen molar-refractivity contribution in [3.8, 4) is 0 Å². The molecule has 0 fully saturated rings. The maximum Gasteiger partial charge on any atom is 0.434 e. The molecule has 0 aliphatic heterocycles. The summed E-state index contributed by atoms with van der Waals surface area (Å²) in [6.07, 6.45) is 0. The number of nitro groups is 1. The van der Waals surface area contributed by atoms with Gasteiger partial charge in [0.25, 0.3) is 0 Å². The fourth-order valence-electron chi connectivity index (χ4n) is 1.74. The molecule has 0 aliphatic rings. The van der Waals surface area contributed by atoms with E-state index in [1.165, 1.54) is 18.2 Å². The normalized spacial score (nSPS) is 11.1. The Morgan fingerprint density at radius 1 is 1.00 bits per heavy atom. The van der Waals surface area contributed by atoms with E-state index in [0.717, 1.165) is 0 Å². The van der Waals surface area contributed by atoms with Gasteiger partial charge >= 0.3 is 11.5 Å². The molecule has 0 saturated carbocycles. The first-order valence-electron chi connectivity index (χ1n) is 4.76. The van der Waals surface area contributed by atoms with Crippen molar-refractivity contribution in [3.63, 3.8) is 0 Å². The maximum atomic E-state index is 11.0. The molecule has 0 saturated heterocycles. The van der Waals surface area contributed by atoms with Crippen molar-refractivity contribution in [3.05, 3.63) is 50.9 Å². The lowest BCUT2D eigenvalue weighted by Crippen LogP contribution is -1.93. The fourth-order valence-corrected chi connectivity index (χ4v) is 1.74. The molecule has 2 heterocycles. The van der Waals surface area contributed by atoms with Crippen LogP contribution in [-0.4, -0.2) is 4.92 Å². The summed E-state index contributed by atoms with van der Waals surface area (Å²) >= 11 is 0. The molecule has 0 radical (unpaired) electrons. The van der Waals surface area contributed by atoms with Gasteiger partial charge < -0.3 is 8.83 Å². The molecule has 17 heavy (non-hydrogen) atoms. The summed E-state index contributed by atoms with van der Waals surface area (Å²) in [4.78, 5) is 21.0. The molecule has 2 aromatic heterocycles. The van der Waals surface area contributed by atoms with Crippen LogP contribution < -0.4 is 5.63 Å². The lowest BCUT2D eigenvalue weighted by molar-refractivity contribution is -0.401. The van der Waals surface area contributed by atoms with E-state index in [0.29, 0.717) is 21.9 Å². The molecule has 3 rings (SSSR count). The lowest BCUT2D eigenvalue weighted by Gasteiger charge is -1.94. The molecule has 84 valence electrons. The van der Waals surface area contributed by atoms with Crippen LogP contribution in [0.25, 0.3) is 21.9 Å². The van der Waals surface area contributed by atoms with Crippen LogP contribution in [-0.2, 0) is 0 Å². The van der Waals surface area contributed by atoms with E-state index >= 15 is 0 Å². The number of fused-ring (bicyclic) bond motifs is 3. The average Bonchev–Trinajstić information content (AvgIpc) is 2.72. The summed E-state index contributed by atoms with van der Waals surface area (Å²) in [5.74, 6) is -0.335. The van der Waals surface area contributed by atoms with E-state index in [9.17, 15) is 14.9 Å². The molecule has 0 bridgehead atoms. The van der Waals surface area contributed by atoms with Gasteiger partial charge in [0.15, 0.2) is 0 Å². The average molecular weight is 231 g/mol. The highest BCUT2D eigenvalue weighted by atomic mass is 16.6. The van der Waals surface area contributed by atoms with Gasteiger partial charge in [-0.1, -0.05) is 0 Å². The number of furan rings is 1. The van der Waals surface area contributed by atoms with Crippen molar-refractivity contribution in [2.24, 2.45) is 0 Å².